The van der Waals surface area contributed by atoms with Gasteiger partial charge in [0.05, 0.1) is 0 Å². The highest BCUT2D eigenvalue weighted by atomic mass is 16.5. The second-order valence-electron chi connectivity index (χ2n) is 9.62. The number of aromatic nitrogens is 2. The van der Waals surface area contributed by atoms with Crippen LogP contribution in [0.25, 0.3) is 0 Å². The van der Waals surface area contributed by atoms with Gasteiger partial charge in [-0.3, -0.25) is 9.97 Å². The van der Waals surface area contributed by atoms with Gasteiger partial charge in [0.1, 0.15) is 23.7 Å². The molecule has 0 radical (unpaired) electrons. The Bertz CT molecular complexity index is 776. The summed E-state index contributed by atoms with van der Waals surface area (Å²) in [6.07, 6.45) is 12.4. The van der Waals surface area contributed by atoms with Crippen molar-refractivity contribution in [3.05, 3.63) is 48.0 Å². The van der Waals surface area contributed by atoms with Crippen LogP contribution in [-0.4, -0.2) is 71.2 Å². The lowest BCUT2D eigenvalue weighted by Gasteiger charge is -2.37. The molecule has 2 saturated heterocycles. The summed E-state index contributed by atoms with van der Waals surface area (Å²) in [5.41, 5.74) is 2.24. The molecule has 0 aliphatic carbocycles. The van der Waals surface area contributed by atoms with E-state index < -0.39 is 0 Å². The topological polar surface area (TPSA) is 50.7 Å². The zero-order chi connectivity index (χ0) is 22.3. The monoisotopic (exact) mass is 438 g/mol. The first-order chi connectivity index (χ1) is 15.6. The van der Waals surface area contributed by atoms with Crippen LogP contribution in [-0.2, 0) is 0 Å². The number of nitrogens with zero attached hydrogens (tertiary/aromatic N) is 4. The van der Waals surface area contributed by atoms with E-state index in [0.717, 1.165) is 74.5 Å². The molecule has 0 amide bonds. The molecule has 2 fully saturated rings. The Kier molecular flexibility index (Phi) is 7.98. The van der Waals surface area contributed by atoms with Gasteiger partial charge in [0, 0.05) is 75.2 Å². The van der Waals surface area contributed by atoms with Crippen LogP contribution in [0.15, 0.2) is 36.9 Å². The normalized spacial score (nSPS) is 19.4. The Labute approximate surface area is 193 Å². The van der Waals surface area contributed by atoms with Crippen LogP contribution in [0.3, 0.4) is 0 Å². The predicted octanol–water partition coefficient (Wildman–Crippen LogP) is 4.12. The van der Waals surface area contributed by atoms with Gasteiger partial charge >= 0.3 is 0 Å². The Hall–Kier alpha value is -2.18. The van der Waals surface area contributed by atoms with E-state index in [1.165, 1.54) is 13.1 Å². The molecule has 0 saturated carbocycles. The van der Waals surface area contributed by atoms with E-state index in [9.17, 15) is 0 Å². The smallest absolute Gasteiger partial charge is 0.125 e. The van der Waals surface area contributed by atoms with Crippen molar-refractivity contribution in [2.24, 2.45) is 5.92 Å². The predicted molar refractivity (Wildman–Crippen MR) is 127 cm³/mol. The van der Waals surface area contributed by atoms with Crippen LogP contribution in [0.4, 0.5) is 0 Å². The van der Waals surface area contributed by atoms with Crippen molar-refractivity contribution in [1.29, 1.82) is 0 Å². The van der Waals surface area contributed by atoms with Crippen LogP contribution < -0.4 is 9.47 Å². The van der Waals surface area contributed by atoms with Crippen LogP contribution in [0.2, 0.25) is 0 Å². The maximum absolute atomic E-state index is 6.23. The largest absolute Gasteiger partial charge is 0.490 e. The van der Waals surface area contributed by atoms with Crippen molar-refractivity contribution in [1.82, 2.24) is 19.8 Å². The molecule has 0 bridgehead atoms. The fourth-order valence-corrected chi connectivity index (χ4v) is 4.90. The average molecular weight is 439 g/mol. The quantitative estimate of drug-likeness (QED) is 0.618. The molecule has 6 nitrogen and oxygen atoms in total. The highest BCUT2D eigenvalue weighted by molar-refractivity contribution is 5.29. The van der Waals surface area contributed by atoms with Gasteiger partial charge in [-0.1, -0.05) is 6.92 Å². The van der Waals surface area contributed by atoms with Gasteiger partial charge in [-0.25, -0.2) is 0 Å². The minimum absolute atomic E-state index is 0.325. The summed E-state index contributed by atoms with van der Waals surface area (Å²) in [6.45, 7) is 13.4. The number of hydrogen-bond acceptors (Lipinski definition) is 6. The fraction of sp³-hybridized carbons (Fsp3) is 0.615. The number of ether oxygens (including phenoxy) is 2. The molecule has 4 heterocycles. The third-order valence-corrected chi connectivity index (χ3v) is 6.73. The van der Waals surface area contributed by atoms with Crippen molar-refractivity contribution in [3.8, 4) is 11.5 Å². The fourth-order valence-electron chi connectivity index (χ4n) is 4.90. The number of likely N-dealkylation sites (tertiary alicyclic amines) is 2. The average Bonchev–Trinajstić information content (AvgIpc) is 2.79. The number of piperidine rings is 2. The first-order valence-corrected chi connectivity index (χ1v) is 12.2. The first-order valence-electron chi connectivity index (χ1n) is 12.2. The number of rotatable bonds is 8. The molecule has 2 aromatic rings. The van der Waals surface area contributed by atoms with Gasteiger partial charge in [0.2, 0.25) is 0 Å². The third-order valence-electron chi connectivity index (χ3n) is 6.73. The second kappa shape index (κ2) is 11.1. The van der Waals surface area contributed by atoms with E-state index in [1.807, 2.05) is 36.9 Å². The summed E-state index contributed by atoms with van der Waals surface area (Å²) in [7, 11) is 0. The molecule has 174 valence electrons. The third kappa shape index (κ3) is 6.42. The van der Waals surface area contributed by atoms with Gasteiger partial charge < -0.3 is 19.3 Å². The van der Waals surface area contributed by atoms with Gasteiger partial charge in [-0.05, 0) is 57.6 Å². The molecule has 0 aromatic carbocycles. The molecule has 2 aromatic heterocycles. The van der Waals surface area contributed by atoms with Gasteiger partial charge in [0.25, 0.3) is 0 Å². The summed E-state index contributed by atoms with van der Waals surface area (Å²) >= 11 is 0. The van der Waals surface area contributed by atoms with Crippen molar-refractivity contribution < 1.29 is 9.47 Å². The minimum atomic E-state index is 0.325. The van der Waals surface area contributed by atoms with E-state index in [4.69, 9.17) is 9.47 Å². The highest BCUT2D eigenvalue weighted by Gasteiger charge is 2.25. The maximum atomic E-state index is 6.23. The van der Waals surface area contributed by atoms with E-state index >= 15 is 0 Å². The Morgan fingerprint density at radius 2 is 1.19 bits per heavy atom. The van der Waals surface area contributed by atoms with E-state index in [0.29, 0.717) is 18.1 Å². The van der Waals surface area contributed by atoms with E-state index in [1.54, 1.807) is 0 Å². The molecule has 4 rings (SSSR count). The Morgan fingerprint density at radius 3 is 1.56 bits per heavy atom. The van der Waals surface area contributed by atoms with Crippen molar-refractivity contribution in [3.63, 3.8) is 0 Å². The number of aryl methyl sites for hydroxylation is 2. The highest BCUT2D eigenvalue weighted by Crippen LogP contribution is 2.24. The maximum Gasteiger partial charge on any atom is 0.125 e. The minimum Gasteiger partial charge on any atom is -0.490 e. The van der Waals surface area contributed by atoms with Gasteiger partial charge in [-0.2, -0.15) is 0 Å². The molecular weight excluding hydrogens is 400 g/mol. The molecule has 2 aliphatic heterocycles. The SMILES string of the molecule is Cc1cnccc1OC1CCN(CC(C)CN2CCC(Oc3ccncc3C)CC2)CC1. The molecule has 0 unspecified atom stereocenters. The second-order valence-corrected chi connectivity index (χ2v) is 9.62. The van der Waals surface area contributed by atoms with Gasteiger partial charge in [-0.15, -0.1) is 0 Å². The summed E-state index contributed by atoms with van der Waals surface area (Å²) in [6, 6.07) is 3.96. The molecule has 0 spiro atoms. The van der Waals surface area contributed by atoms with Crippen LogP contribution in [0.5, 0.6) is 11.5 Å². The number of pyridine rings is 2. The van der Waals surface area contributed by atoms with Gasteiger partial charge in [0.15, 0.2) is 0 Å². The molecule has 0 atom stereocenters. The van der Waals surface area contributed by atoms with E-state index in [2.05, 4.69) is 40.5 Å². The standard InChI is InChI=1S/C26H38N4O2/c1-20(18-29-12-6-23(7-13-29)31-25-4-10-27-16-21(25)2)19-30-14-8-24(9-15-30)32-26-5-11-28-17-22(26)3/h4-5,10-11,16-17,20,23-24H,6-9,12-15,18-19H2,1-3H3. The van der Waals surface area contributed by atoms with E-state index in [-0.39, 0.29) is 0 Å². The Morgan fingerprint density at radius 1 is 0.781 bits per heavy atom. The zero-order valence-electron chi connectivity index (χ0n) is 19.9. The molecule has 6 heteroatoms. The zero-order valence-corrected chi connectivity index (χ0v) is 19.9. The van der Waals surface area contributed by atoms with Crippen LogP contribution >= 0.6 is 0 Å². The lowest BCUT2D eigenvalue weighted by molar-refractivity contribution is 0.0711. The summed E-state index contributed by atoms with van der Waals surface area (Å²) in [5.74, 6) is 2.64. The first kappa shape index (κ1) is 23.0. The molecule has 2 aliphatic rings. The van der Waals surface area contributed by atoms with Crippen molar-refractivity contribution in [2.45, 2.75) is 58.7 Å². The van der Waals surface area contributed by atoms with Crippen molar-refractivity contribution >= 4 is 0 Å². The summed E-state index contributed by atoms with van der Waals surface area (Å²) < 4.78 is 12.5. The Balaban J connectivity index is 1.13. The van der Waals surface area contributed by atoms with Crippen LogP contribution in [0, 0.1) is 19.8 Å². The van der Waals surface area contributed by atoms with Crippen LogP contribution in [0.1, 0.15) is 43.7 Å². The lowest BCUT2D eigenvalue weighted by atomic mass is 10.0. The summed E-state index contributed by atoms with van der Waals surface area (Å²) in [4.78, 5) is 13.5. The molecule has 32 heavy (non-hydrogen) atoms. The van der Waals surface area contributed by atoms with Crippen molar-refractivity contribution in [2.75, 3.05) is 39.3 Å². The molecule has 0 N–H and O–H groups in total. The summed E-state index contributed by atoms with van der Waals surface area (Å²) in [5, 5.41) is 0. The number of hydrogen-bond donors (Lipinski definition) is 0. The lowest BCUT2D eigenvalue weighted by Crippen LogP contribution is -2.44. The molecular formula is C26H38N4O2.